The summed E-state index contributed by atoms with van der Waals surface area (Å²) in [4.78, 5) is 12.2. The fraction of sp³-hybridized carbons (Fsp3) is 0.111. The van der Waals surface area contributed by atoms with Gasteiger partial charge in [-0.3, -0.25) is 0 Å². The van der Waals surface area contributed by atoms with Crippen LogP contribution >= 0.6 is 25.3 Å². The van der Waals surface area contributed by atoms with Crippen molar-refractivity contribution in [3.63, 3.8) is 0 Å². The van der Waals surface area contributed by atoms with Crippen LogP contribution in [0.2, 0.25) is 0 Å². The van der Waals surface area contributed by atoms with Gasteiger partial charge in [-0.15, -0.1) is 25.3 Å². The zero-order valence-electron chi connectivity index (χ0n) is 8.91. The normalized spacial score (nSPS) is 8.76. The van der Waals surface area contributed by atoms with Crippen molar-refractivity contribution in [1.29, 1.82) is 5.26 Å². The molecule has 0 unspecified atom stereocenters. The van der Waals surface area contributed by atoms with E-state index in [-0.39, 0.29) is 69.2 Å². The summed E-state index contributed by atoms with van der Waals surface area (Å²) in [5, 5.41) is 11.2. The van der Waals surface area contributed by atoms with E-state index in [4.69, 9.17) is 10.8 Å². The number of hydrogen-bond donors (Lipinski definition) is 2. The second-order valence-electron chi connectivity index (χ2n) is 2.70. The van der Waals surface area contributed by atoms with Crippen molar-refractivity contribution in [1.82, 2.24) is 0 Å². The van der Waals surface area contributed by atoms with E-state index < -0.39 is 5.97 Å². The first-order valence-electron chi connectivity index (χ1n) is 4.05. The van der Waals surface area contributed by atoms with Gasteiger partial charge in [0.1, 0.15) is 6.07 Å². The Bertz CT molecular complexity index is 488. The minimum absolute atomic E-state index is 0. The minimum atomic E-state index is -0.763. The third kappa shape index (κ3) is 4.71. The predicted octanol–water partition coefficient (Wildman–Crippen LogP) is -0.399. The van der Waals surface area contributed by atoms with Crippen LogP contribution in [0.3, 0.4) is 0 Å². The van der Waals surface area contributed by atoms with Crippen LogP contribution in [0, 0.1) is 11.3 Å². The van der Waals surface area contributed by atoms with E-state index in [0.717, 1.165) is 0 Å². The quantitative estimate of drug-likeness (QED) is 0.344. The molecule has 0 spiro atoms. The smallest absolute Gasteiger partial charge is 0.706 e. The van der Waals surface area contributed by atoms with E-state index in [0.29, 0.717) is 9.79 Å². The maximum absolute atomic E-state index is 11.5. The summed E-state index contributed by atoms with van der Waals surface area (Å²) in [7, 11) is 0. The topological polar surface area (TPSA) is 84.8 Å². The molecule has 5 nitrogen and oxygen atoms in total. The van der Waals surface area contributed by atoms with Crippen LogP contribution in [0.4, 0.5) is 5.69 Å². The number of carbonyl (C=O) groups excluding carboxylic acids is 1. The number of esters is 1. The van der Waals surface area contributed by atoms with Gasteiger partial charge in [0.15, 0.2) is 6.61 Å². The number of ether oxygens (including phenoxy) is 1. The van der Waals surface area contributed by atoms with Gasteiger partial charge in [-0.1, -0.05) is 0 Å². The van der Waals surface area contributed by atoms with Crippen LogP contribution in [0.15, 0.2) is 27.0 Å². The maximum atomic E-state index is 11.5. The maximum Gasteiger partial charge on any atom is 1.00 e. The fourth-order valence-corrected chi connectivity index (χ4v) is 1.70. The number of thiol groups is 2. The van der Waals surface area contributed by atoms with E-state index >= 15 is 0 Å². The number of nitriles is 1. The van der Waals surface area contributed by atoms with Gasteiger partial charge in [-0.05, 0) is 12.1 Å². The number of carbonyl (C=O) groups is 1. The third-order valence-corrected chi connectivity index (χ3v) is 2.26. The fourth-order valence-electron chi connectivity index (χ4n) is 1.04. The van der Waals surface area contributed by atoms with Gasteiger partial charge in [0.25, 0.3) is 0 Å². The number of hydrogen-bond acceptors (Lipinski definition) is 6. The van der Waals surface area contributed by atoms with Crippen molar-refractivity contribution in [2.45, 2.75) is 9.79 Å². The van der Waals surface area contributed by atoms with Crippen molar-refractivity contribution >= 4 is 36.9 Å². The first kappa shape index (κ1) is 17.1. The molecule has 0 saturated carbocycles. The van der Waals surface area contributed by atoms with Gasteiger partial charge >= 0.3 is 57.4 Å². The van der Waals surface area contributed by atoms with Gasteiger partial charge in [-0.25, -0.2) is 4.79 Å². The molecular weight excluding hydrogens is 285 g/mol. The molecule has 0 N–H and O–H groups in total. The van der Waals surface area contributed by atoms with Crippen molar-refractivity contribution < 1.29 is 60.9 Å². The first-order valence-corrected chi connectivity index (χ1v) is 4.94. The monoisotopic (exact) mass is 291 g/mol. The Balaban J connectivity index is 0.00000256. The number of nitrogens with zero attached hydrogens (tertiary/aromatic N) is 3. The van der Waals surface area contributed by atoms with Gasteiger partial charge in [-0.2, -0.15) is 5.26 Å². The molecule has 1 aromatic carbocycles. The summed E-state index contributed by atoms with van der Waals surface area (Å²) in [6.45, 7) is -0.373. The molecule has 0 heterocycles. The average Bonchev–Trinajstić information content (AvgIpc) is 2.24. The zero-order valence-corrected chi connectivity index (χ0v) is 13.8. The summed E-state index contributed by atoms with van der Waals surface area (Å²) >= 11 is 8.08. The summed E-state index contributed by atoms with van der Waals surface area (Å²) in [6, 6.07) is 4.55. The summed E-state index contributed by atoms with van der Waals surface area (Å²) < 4.78 is 4.59. The van der Waals surface area contributed by atoms with Gasteiger partial charge in [0.05, 0.1) is 11.3 Å². The summed E-state index contributed by atoms with van der Waals surface area (Å²) in [5.41, 5.74) is 8.74. The van der Waals surface area contributed by atoms with Crippen LogP contribution in [-0.4, -0.2) is 12.6 Å². The van der Waals surface area contributed by atoms with Gasteiger partial charge in [0, 0.05) is 9.79 Å². The summed E-state index contributed by atoms with van der Waals surface area (Å²) in [6.07, 6.45) is 0. The molecule has 82 valence electrons. The van der Waals surface area contributed by atoms with E-state index in [2.05, 4.69) is 35.1 Å². The largest absolute Gasteiger partial charge is 1.00 e. The SMILES string of the molecule is N#CCOC(=O)c1cc(S)cc(S)c1N=[N-].[K+]. The van der Waals surface area contributed by atoms with E-state index in [1.165, 1.54) is 12.1 Å². The molecule has 0 bridgehead atoms. The Labute approximate surface area is 152 Å². The molecule has 0 radical (unpaired) electrons. The molecule has 0 aliphatic carbocycles. The molecule has 1 rings (SSSR count). The van der Waals surface area contributed by atoms with E-state index in [1.54, 1.807) is 6.07 Å². The molecule has 0 amide bonds. The Morgan fingerprint density at radius 1 is 1.53 bits per heavy atom. The third-order valence-electron chi connectivity index (χ3n) is 1.66. The molecule has 0 atom stereocenters. The van der Waals surface area contributed by atoms with Gasteiger partial charge in [0.2, 0.25) is 0 Å². The molecule has 1 aromatic rings. The molecule has 8 heteroatoms. The van der Waals surface area contributed by atoms with Crippen molar-refractivity contribution in [2.75, 3.05) is 6.61 Å². The van der Waals surface area contributed by atoms with E-state index in [1.807, 2.05) is 0 Å². The first-order chi connectivity index (χ1) is 7.60. The van der Waals surface area contributed by atoms with Crippen LogP contribution in [-0.2, 0) is 4.74 Å². The minimum Gasteiger partial charge on any atom is -0.706 e. The molecule has 0 aromatic heterocycles. The van der Waals surface area contributed by atoms with E-state index in [9.17, 15) is 4.79 Å². The average molecular weight is 291 g/mol. The number of benzene rings is 1. The summed E-state index contributed by atoms with van der Waals surface area (Å²) in [5.74, 6) is -0.763. The second-order valence-corrected chi connectivity index (χ2v) is 3.69. The molecule has 0 aliphatic rings. The predicted molar refractivity (Wildman–Crippen MR) is 62.3 cm³/mol. The standard InChI is InChI=1S/C9H6N3O2S2.K/c10-1-2-14-9(13)6-3-5(15)4-7(16)8(6)12-11;/h3-4,15-16H,2H2;/q-1;+1. The Morgan fingerprint density at radius 2 is 2.18 bits per heavy atom. The van der Waals surface area contributed by atoms with Crippen LogP contribution in [0.1, 0.15) is 10.4 Å². The Hall–Kier alpha value is 0.116. The molecule has 0 aliphatic heterocycles. The number of rotatable bonds is 3. The van der Waals surface area contributed by atoms with Crippen LogP contribution in [0.5, 0.6) is 0 Å². The Morgan fingerprint density at radius 3 is 2.71 bits per heavy atom. The Kier molecular flexibility index (Phi) is 8.32. The molecule has 17 heavy (non-hydrogen) atoms. The zero-order chi connectivity index (χ0) is 12.1. The van der Waals surface area contributed by atoms with Crippen LogP contribution in [0.25, 0.3) is 5.53 Å². The molecule has 0 saturated heterocycles. The second kappa shape index (κ2) is 8.26. The van der Waals surface area contributed by atoms with Crippen molar-refractivity contribution in [3.05, 3.63) is 23.2 Å². The van der Waals surface area contributed by atoms with Gasteiger partial charge < -0.3 is 15.4 Å². The molecule has 0 fully saturated rings. The van der Waals surface area contributed by atoms with Crippen molar-refractivity contribution in [2.24, 2.45) is 5.11 Å². The molecular formula is C9H6KN3O2S2. The van der Waals surface area contributed by atoms with Crippen LogP contribution < -0.4 is 51.4 Å². The van der Waals surface area contributed by atoms with Crippen molar-refractivity contribution in [3.8, 4) is 6.07 Å².